The van der Waals surface area contributed by atoms with Gasteiger partial charge in [0.2, 0.25) is 0 Å². The monoisotopic (exact) mass is 277 g/mol. The third-order valence-corrected chi connectivity index (χ3v) is 3.99. The number of hydrogen-bond acceptors (Lipinski definition) is 1. The summed E-state index contributed by atoms with van der Waals surface area (Å²) >= 11 is 0. The molecule has 1 heterocycles. The van der Waals surface area contributed by atoms with Gasteiger partial charge in [-0.3, -0.25) is 4.79 Å². The standard InChI is InChI=1S/C18H12FNO/c1-10-9-12(11-5-3-2-4-6-11)16-17-14(20-18(16)21)8-7-13(19)15(10)17/h2-9H,1H3,(H,20,21). The molecular weight excluding hydrogens is 265 g/mol. The number of amides is 1. The predicted octanol–water partition coefficient (Wildman–Crippen LogP) is 4.52. The highest BCUT2D eigenvalue weighted by Gasteiger charge is 2.27. The normalized spacial score (nSPS) is 12.8. The van der Waals surface area contributed by atoms with E-state index >= 15 is 0 Å². The maximum atomic E-state index is 14.2. The minimum Gasteiger partial charge on any atom is -0.321 e. The van der Waals surface area contributed by atoms with E-state index in [9.17, 15) is 9.18 Å². The van der Waals surface area contributed by atoms with E-state index in [-0.39, 0.29) is 11.7 Å². The van der Waals surface area contributed by atoms with Gasteiger partial charge in [-0.15, -0.1) is 0 Å². The zero-order chi connectivity index (χ0) is 14.6. The molecule has 0 saturated carbocycles. The molecule has 21 heavy (non-hydrogen) atoms. The van der Waals surface area contributed by atoms with Crippen molar-refractivity contribution in [1.29, 1.82) is 0 Å². The van der Waals surface area contributed by atoms with Crippen LogP contribution in [-0.2, 0) is 0 Å². The van der Waals surface area contributed by atoms with Gasteiger partial charge in [0.1, 0.15) is 5.82 Å². The van der Waals surface area contributed by atoms with Gasteiger partial charge in [0.05, 0.1) is 5.56 Å². The van der Waals surface area contributed by atoms with Gasteiger partial charge in [-0.1, -0.05) is 30.3 Å². The van der Waals surface area contributed by atoms with Crippen molar-refractivity contribution < 1.29 is 9.18 Å². The Labute approximate surface area is 121 Å². The molecule has 102 valence electrons. The fourth-order valence-corrected chi connectivity index (χ4v) is 3.09. The first-order valence-electron chi connectivity index (χ1n) is 6.79. The average Bonchev–Trinajstić information content (AvgIpc) is 2.82. The number of carbonyl (C=O) groups is 1. The molecule has 0 aliphatic carbocycles. The van der Waals surface area contributed by atoms with E-state index in [1.54, 1.807) is 6.07 Å². The molecule has 0 unspecified atom stereocenters. The second-order valence-electron chi connectivity index (χ2n) is 5.28. The Balaban J connectivity index is 2.18. The van der Waals surface area contributed by atoms with Crippen LogP contribution >= 0.6 is 0 Å². The Kier molecular flexibility index (Phi) is 2.39. The second-order valence-corrected chi connectivity index (χ2v) is 5.28. The Morgan fingerprint density at radius 2 is 1.76 bits per heavy atom. The van der Waals surface area contributed by atoms with Crippen LogP contribution in [0.5, 0.6) is 0 Å². The SMILES string of the molecule is Cc1cc(-c2ccccc2)c2c3c(ccc(F)c13)NC2=O. The van der Waals surface area contributed by atoms with Crippen molar-refractivity contribution >= 4 is 22.4 Å². The predicted molar refractivity (Wildman–Crippen MR) is 82.0 cm³/mol. The van der Waals surface area contributed by atoms with Gasteiger partial charge in [0.25, 0.3) is 5.91 Å². The highest BCUT2D eigenvalue weighted by Crippen LogP contribution is 2.41. The van der Waals surface area contributed by atoms with Crippen molar-refractivity contribution in [2.75, 3.05) is 5.32 Å². The summed E-state index contributed by atoms with van der Waals surface area (Å²) in [5, 5.41) is 4.05. The summed E-state index contributed by atoms with van der Waals surface area (Å²) in [7, 11) is 0. The zero-order valence-corrected chi connectivity index (χ0v) is 11.4. The van der Waals surface area contributed by atoms with Gasteiger partial charge in [0.15, 0.2) is 0 Å². The molecule has 1 N–H and O–H groups in total. The maximum absolute atomic E-state index is 14.2. The zero-order valence-electron chi connectivity index (χ0n) is 11.4. The number of rotatable bonds is 1. The first kappa shape index (κ1) is 12.1. The molecule has 0 spiro atoms. The van der Waals surface area contributed by atoms with Crippen LogP contribution in [0.4, 0.5) is 10.1 Å². The van der Waals surface area contributed by atoms with Crippen LogP contribution in [0.15, 0.2) is 48.5 Å². The van der Waals surface area contributed by atoms with Crippen molar-refractivity contribution in [3.63, 3.8) is 0 Å². The average molecular weight is 277 g/mol. The van der Waals surface area contributed by atoms with Gasteiger partial charge in [-0.25, -0.2) is 4.39 Å². The van der Waals surface area contributed by atoms with E-state index in [1.807, 2.05) is 43.3 Å². The Bertz CT molecular complexity index is 900. The largest absolute Gasteiger partial charge is 0.321 e. The van der Waals surface area contributed by atoms with Crippen LogP contribution in [-0.4, -0.2) is 5.91 Å². The summed E-state index contributed by atoms with van der Waals surface area (Å²) in [6.07, 6.45) is 0. The molecule has 4 rings (SSSR count). The molecule has 0 saturated heterocycles. The van der Waals surface area contributed by atoms with Crippen molar-refractivity contribution in [3.05, 3.63) is 65.5 Å². The quantitative estimate of drug-likeness (QED) is 0.696. The Hall–Kier alpha value is -2.68. The van der Waals surface area contributed by atoms with Crippen LogP contribution in [0.3, 0.4) is 0 Å². The van der Waals surface area contributed by atoms with Crippen LogP contribution in [0.25, 0.3) is 21.9 Å². The van der Waals surface area contributed by atoms with Gasteiger partial charge in [-0.2, -0.15) is 0 Å². The molecule has 3 aromatic rings. The number of halogens is 1. The lowest BCUT2D eigenvalue weighted by Gasteiger charge is -2.11. The number of hydrogen-bond donors (Lipinski definition) is 1. The summed E-state index contributed by atoms with van der Waals surface area (Å²) in [5.41, 5.74) is 3.90. The first-order chi connectivity index (χ1) is 10.2. The number of anilines is 1. The van der Waals surface area contributed by atoms with E-state index < -0.39 is 0 Å². The third kappa shape index (κ3) is 1.61. The molecule has 0 radical (unpaired) electrons. The molecule has 1 amide bonds. The van der Waals surface area contributed by atoms with Crippen LogP contribution < -0.4 is 5.32 Å². The fraction of sp³-hybridized carbons (Fsp3) is 0.0556. The number of nitrogens with one attached hydrogen (secondary N) is 1. The number of carbonyl (C=O) groups excluding carboxylic acids is 1. The molecule has 3 heteroatoms. The van der Waals surface area contributed by atoms with Gasteiger partial charge < -0.3 is 5.32 Å². The first-order valence-corrected chi connectivity index (χ1v) is 6.79. The van der Waals surface area contributed by atoms with E-state index in [0.717, 1.165) is 16.7 Å². The van der Waals surface area contributed by atoms with E-state index in [1.165, 1.54) is 6.07 Å². The summed E-state index contributed by atoms with van der Waals surface area (Å²) in [4.78, 5) is 12.3. The highest BCUT2D eigenvalue weighted by molar-refractivity contribution is 6.27. The molecule has 0 atom stereocenters. The molecule has 1 aliphatic rings. The minimum atomic E-state index is -0.288. The molecule has 0 fully saturated rings. The van der Waals surface area contributed by atoms with Gasteiger partial charge >= 0.3 is 0 Å². The third-order valence-electron chi connectivity index (χ3n) is 3.99. The second kappa shape index (κ2) is 4.16. The fourth-order valence-electron chi connectivity index (χ4n) is 3.09. The summed E-state index contributed by atoms with van der Waals surface area (Å²) < 4.78 is 14.2. The highest BCUT2D eigenvalue weighted by atomic mass is 19.1. The lowest BCUT2D eigenvalue weighted by atomic mass is 9.92. The van der Waals surface area contributed by atoms with Crippen LogP contribution in [0, 0.1) is 12.7 Å². The van der Waals surface area contributed by atoms with E-state index in [4.69, 9.17) is 0 Å². The van der Waals surface area contributed by atoms with Crippen molar-refractivity contribution in [1.82, 2.24) is 0 Å². The molecule has 0 aromatic heterocycles. The van der Waals surface area contributed by atoms with E-state index in [0.29, 0.717) is 22.0 Å². The topological polar surface area (TPSA) is 29.1 Å². The molecular formula is C18H12FNO. The molecule has 3 aromatic carbocycles. The van der Waals surface area contributed by atoms with Crippen molar-refractivity contribution in [2.24, 2.45) is 0 Å². The summed E-state index contributed by atoms with van der Waals surface area (Å²) in [5.74, 6) is -0.455. The Morgan fingerprint density at radius 1 is 1.00 bits per heavy atom. The number of benzene rings is 3. The Morgan fingerprint density at radius 3 is 2.52 bits per heavy atom. The summed E-state index contributed by atoms with van der Waals surface area (Å²) in [6.45, 7) is 1.88. The van der Waals surface area contributed by atoms with Crippen LogP contribution in [0.2, 0.25) is 0 Å². The van der Waals surface area contributed by atoms with Crippen molar-refractivity contribution in [3.8, 4) is 11.1 Å². The maximum Gasteiger partial charge on any atom is 0.257 e. The minimum absolute atomic E-state index is 0.167. The van der Waals surface area contributed by atoms with Gasteiger partial charge in [0, 0.05) is 16.5 Å². The van der Waals surface area contributed by atoms with Crippen molar-refractivity contribution in [2.45, 2.75) is 6.92 Å². The lowest BCUT2D eigenvalue weighted by molar-refractivity contribution is 0.103. The molecule has 2 nitrogen and oxygen atoms in total. The molecule has 0 bridgehead atoms. The number of aryl methyl sites for hydroxylation is 1. The van der Waals surface area contributed by atoms with E-state index in [2.05, 4.69) is 5.32 Å². The molecule has 1 aliphatic heterocycles. The summed E-state index contributed by atoms with van der Waals surface area (Å²) in [6, 6.07) is 14.6. The smallest absolute Gasteiger partial charge is 0.257 e. The van der Waals surface area contributed by atoms with Crippen LogP contribution in [0.1, 0.15) is 15.9 Å². The van der Waals surface area contributed by atoms with Gasteiger partial charge in [-0.05, 0) is 41.8 Å². The lowest BCUT2D eigenvalue weighted by Crippen LogP contribution is -2.06.